The van der Waals surface area contributed by atoms with Crippen LogP contribution in [0.2, 0.25) is 0 Å². The van der Waals surface area contributed by atoms with Gasteiger partial charge in [0.1, 0.15) is 0 Å². The molecule has 12 nitrogen and oxygen atoms in total. The van der Waals surface area contributed by atoms with Gasteiger partial charge in [-0.15, -0.1) is 0 Å². The number of aliphatic imine (C=N–C) groups is 2. The molecule has 0 atom stereocenters. The minimum absolute atomic E-state index is 0.0127. The molecule has 0 unspecified atom stereocenters. The fourth-order valence-electron chi connectivity index (χ4n) is 4.83. The van der Waals surface area contributed by atoms with Gasteiger partial charge in [0, 0.05) is 56.6 Å². The molecule has 242 valence electrons. The van der Waals surface area contributed by atoms with Crippen molar-refractivity contribution in [2.24, 2.45) is 21.5 Å². The van der Waals surface area contributed by atoms with Gasteiger partial charge in [0.15, 0.2) is 0 Å². The molecule has 45 heavy (non-hydrogen) atoms. The lowest BCUT2D eigenvalue weighted by Crippen LogP contribution is -2.52. The number of nitrogens with two attached hydrogens (primary N) is 2. The third-order valence-electron chi connectivity index (χ3n) is 7.51. The fourth-order valence-corrected chi connectivity index (χ4v) is 4.83. The van der Waals surface area contributed by atoms with Gasteiger partial charge in [-0.2, -0.15) is 0 Å². The van der Waals surface area contributed by atoms with E-state index in [1.54, 1.807) is 17.0 Å². The molecule has 0 saturated carbocycles. The molecule has 1 aliphatic heterocycles. The first kappa shape index (κ1) is 35.1. The quantitative estimate of drug-likeness (QED) is 0.102. The van der Waals surface area contributed by atoms with E-state index in [4.69, 9.17) is 11.5 Å². The number of piperidine rings is 1. The molecule has 3 rings (SSSR count). The lowest BCUT2D eigenvalue weighted by molar-refractivity contribution is -0.132. The number of aliphatic hydroxyl groups is 1. The number of hydrogen-bond acceptors (Lipinski definition) is 9. The molecule has 1 fully saturated rings. The second kappa shape index (κ2) is 17.2. The Morgan fingerprint density at radius 2 is 1.84 bits per heavy atom. The Bertz CT molecular complexity index is 1380. The predicted molar refractivity (Wildman–Crippen MR) is 178 cm³/mol. The van der Waals surface area contributed by atoms with Crippen molar-refractivity contribution in [3.63, 3.8) is 0 Å². The van der Waals surface area contributed by atoms with Gasteiger partial charge in [-0.25, -0.2) is 4.99 Å². The van der Waals surface area contributed by atoms with Gasteiger partial charge in [-0.1, -0.05) is 36.4 Å². The predicted octanol–water partition coefficient (Wildman–Crippen LogP) is 1.84. The summed E-state index contributed by atoms with van der Waals surface area (Å²) in [6.45, 7) is 3.80. The average Bonchev–Trinajstić information content (AvgIpc) is 3.02. The summed E-state index contributed by atoms with van der Waals surface area (Å²) >= 11 is 0. The van der Waals surface area contributed by atoms with Crippen molar-refractivity contribution in [2.75, 3.05) is 58.7 Å². The van der Waals surface area contributed by atoms with Crippen LogP contribution in [-0.4, -0.2) is 110 Å². The van der Waals surface area contributed by atoms with Crippen LogP contribution < -0.4 is 16.8 Å². The number of allylic oxidation sites excluding steroid dienone is 1. The summed E-state index contributed by atoms with van der Waals surface area (Å²) in [5.41, 5.74) is 14.5. The highest BCUT2D eigenvalue weighted by Gasteiger charge is 2.36. The molecule has 0 aromatic heterocycles. The number of nitrogens with zero attached hydrogens (tertiary/aromatic N) is 5. The lowest BCUT2D eigenvalue weighted by atomic mass is 9.90. The number of likely N-dealkylation sites (tertiary alicyclic amines) is 1. The van der Waals surface area contributed by atoms with Gasteiger partial charge >= 0.3 is 0 Å². The Kier molecular flexibility index (Phi) is 13.4. The van der Waals surface area contributed by atoms with E-state index < -0.39 is 5.60 Å². The van der Waals surface area contributed by atoms with Crippen molar-refractivity contribution in [1.82, 2.24) is 14.7 Å². The van der Waals surface area contributed by atoms with Crippen LogP contribution in [-0.2, 0) is 20.8 Å². The highest BCUT2D eigenvalue weighted by Crippen LogP contribution is 2.26. The van der Waals surface area contributed by atoms with E-state index >= 15 is 0 Å². The smallest absolute Gasteiger partial charge is 0.257 e. The summed E-state index contributed by atoms with van der Waals surface area (Å²) in [7, 11) is 3.81. The number of carbonyl (C=O) groups is 3. The van der Waals surface area contributed by atoms with Crippen LogP contribution in [0.5, 0.6) is 0 Å². The third kappa shape index (κ3) is 11.2. The summed E-state index contributed by atoms with van der Waals surface area (Å²) in [4.78, 5) is 51.3. The maximum absolute atomic E-state index is 13.5. The maximum atomic E-state index is 13.5. The number of hydrogen-bond donors (Lipinski definition) is 4. The molecule has 1 aliphatic rings. The number of benzene rings is 2. The topological polar surface area (TPSA) is 170 Å². The molecular weight excluding hydrogens is 572 g/mol. The molecule has 0 spiro atoms. The average molecular weight is 619 g/mol. The van der Waals surface area contributed by atoms with Crippen LogP contribution in [0.1, 0.15) is 30.4 Å². The number of carbonyl (C=O) groups excluding carboxylic acids is 3. The molecule has 6 N–H and O–H groups in total. The van der Waals surface area contributed by atoms with E-state index in [1.165, 1.54) is 17.5 Å². The molecule has 12 heteroatoms. The maximum Gasteiger partial charge on any atom is 0.257 e. The van der Waals surface area contributed by atoms with Gasteiger partial charge in [-0.05, 0) is 57.1 Å². The summed E-state index contributed by atoms with van der Waals surface area (Å²) in [6, 6.07) is 15.0. The van der Waals surface area contributed by atoms with E-state index in [0.29, 0.717) is 61.5 Å². The molecule has 2 aromatic rings. The van der Waals surface area contributed by atoms with Crippen LogP contribution in [0.4, 0.5) is 11.4 Å². The molecule has 0 bridgehead atoms. The van der Waals surface area contributed by atoms with Crippen molar-refractivity contribution in [3.8, 4) is 0 Å². The van der Waals surface area contributed by atoms with Crippen LogP contribution in [0.3, 0.4) is 0 Å². The van der Waals surface area contributed by atoms with Gasteiger partial charge in [0.2, 0.25) is 12.3 Å². The zero-order valence-corrected chi connectivity index (χ0v) is 26.5. The molecule has 0 aliphatic carbocycles. The van der Waals surface area contributed by atoms with E-state index in [0.717, 1.165) is 11.1 Å². The zero-order valence-electron chi connectivity index (χ0n) is 26.5. The number of anilines is 1. The van der Waals surface area contributed by atoms with Gasteiger partial charge in [0.05, 0.1) is 36.3 Å². The summed E-state index contributed by atoms with van der Waals surface area (Å²) in [6.07, 6.45) is 4.76. The molecule has 1 heterocycles. The summed E-state index contributed by atoms with van der Waals surface area (Å²) < 4.78 is 0. The third-order valence-corrected chi connectivity index (χ3v) is 7.51. The highest BCUT2D eigenvalue weighted by atomic mass is 16.3. The Hall–Kier alpha value is -4.39. The number of aryl methyl sites for hydroxylation is 1. The van der Waals surface area contributed by atoms with E-state index in [-0.39, 0.29) is 44.3 Å². The fraction of sp³-hybridized carbons (Fsp3) is 0.424. The lowest BCUT2D eigenvalue weighted by Gasteiger charge is -2.39. The Morgan fingerprint density at radius 3 is 2.49 bits per heavy atom. The largest absolute Gasteiger partial charge is 0.401 e. The van der Waals surface area contributed by atoms with Crippen molar-refractivity contribution in [1.29, 1.82) is 0 Å². The molecule has 3 amide bonds. The Balaban J connectivity index is 1.64. The van der Waals surface area contributed by atoms with E-state index in [2.05, 4.69) is 15.3 Å². The van der Waals surface area contributed by atoms with Gasteiger partial charge in [-0.3, -0.25) is 19.4 Å². The first-order chi connectivity index (χ1) is 21.5. The second-order valence-corrected chi connectivity index (χ2v) is 11.6. The normalized spacial score (nSPS) is 15.4. The van der Waals surface area contributed by atoms with Crippen molar-refractivity contribution < 1.29 is 19.5 Å². The minimum atomic E-state index is -1.21. The number of amides is 3. The molecular formula is C33H46N8O4. The summed E-state index contributed by atoms with van der Waals surface area (Å²) in [5.74, 6) is -0.363. The van der Waals surface area contributed by atoms with E-state index in [1.807, 2.05) is 62.3 Å². The van der Waals surface area contributed by atoms with Crippen LogP contribution in [0.25, 0.3) is 0 Å². The highest BCUT2D eigenvalue weighted by molar-refractivity contribution is 6.12. The molecule has 0 radical (unpaired) electrons. The van der Waals surface area contributed by atoms with Crippen LogP contribution >= 0.6 is 0 Å². The second-order valence-electron chi connectivity index (χ2n) is 11.6. The Morgan fingerprint density at radius 1 is 1.13 bits per heavy atom. The standard InChI is InChI=1S/C33H46N8O4/c1-25-9-10-27(38-31(43)11-16-39(2)3)20-30(25)37-23-40(24-42)22-33(45)12-17-41(18-13-33)32(44)28(21-36-15-14-34)29(35)19-26-7-5-4-6-8-26/h4-10,20-21,23-24,45H,11-19,22,34-35H2,1-3H3,(H,38,43)/b29-28+,36-21?,37-23?. The Labute approximate surface area is 265 Å². The van der Waals surface area contributed by atoms with Crippen LogP contribution in [0.15, 0.2) is 69.8 Å². The minimum Gasteiger partial charge on any atom is -0.401 e. The van der Waals surface area contributed by atoms with Crippen molar-refractivity contribution in [3.05, 3.63) is 70.9 Å². The monoisotopic (exact) mass is 618 g/mol. The summed E-state index contributed by atoms with van der Waals surface area (Å²) in [5, 5.41) is 14.2. The molecule has 1 saturated heterocycles. The number of rotatable bonds is 15. The first-order valence-corrected chi connectivity index (χ1v) is 15.1. The zero-order chi connectivity index (χ0) is 32.8. The van der Waals surface area contributed by atoms with Gasteiger partial charge < -0.3 is 36.6 Å². The molecule has 2 aromatic carbocycles. The number of nitrogens with one attached hydrogen (secondary N) is 1. The van der Waals surface area contributed by atoms with Gasteiger partial charge in [0.25, 0.3) is 5.91 Å². The SMILES string of the molecule is Cc1ccc(NC(=O)CCN(C)C)cc1N=CN(C=O)CC1(O)CCN(C(=O)/C(C=NCCN)=C(/N)Cc2ccccc2)CC1. The van der Waals surface area contributed by atoms with Crippen molar-refractivity contribution in [2.45, 2.75) is 38.2 Å². The van der Waals surface area contributed by atoms with Crippen molar-refractivity contribution >= 4 is 42.2 Å². The van der Waals surface area contributed by atoms with E-state index in [9.17, 15) is 19.5 Å². The first-order valence-electron chi connectivity index (χ1n) is 15.1. The van der Waals surface area contributed by atoms with Crippen LogP contribution in [0, 0.1) is 6.92 Å².